The van der Waals surface area contributed by atoms with E-state index in [9.17, 15) is 4.79 Å². The number of amides is 1. The van der Waals surface area contributed by atoms with E-state index in [1.807, 2.05) is 36.4 Å². The lowest BCUT2D eigenvalue weighted by Crippen LogP contribution is -2.23. The fourth-order valence-electron chi connectivity index (χ4n) is 3.57. The van der Waals surface area contributed by atoms with E-state index in [0.717, 1.165) is 24.1 Å². The normalized spacial score (nSPS) is 13.9. The zero-order valence-corrected chi connectivity index (χ0v) is 16.7. The molecule has 0 radical (unpaired) electrons. The van der Waals surface area contributed by atoms with Crippen molar-refractivity contribution < 1.29 is 14.3 Å². The fourth-order valence-corrected chi connectivity index (χ4v) is 3.57. The molecule has 0 aliphatic carbocycles. The van der Waals surface area contributed by atoms with E-state index in [4.69, 9.17) is 9.47 Å². The Morgan fingerprint density at radius 3 is 2.69 bits per heavy atom. The molecule has 1 amide bonds. The summed E-state index contributed by atoms with van der Waals surface area (Å²) in [5.74, 6) is 1.29. The van der Waals surface area contributed by atoms with Gasteiger partial charge in [0, 0.05) is 35.3 Å². The highest BCUT2D eigenvalue weighted by atomic mass is 16.5. The van der Waals surface area contributed by atoms with E-state index in [1.165, 1.54) is 5.56 Å². The summed E-state index contributed by atoms with van der Waals surface area (Å²) in [6.45, 7) is 2.56. The number of aryl methyl sites for hydroxylation is 1. The van der Waals surface area contributed by atoms with Crippen molar-refractivity contribution in [2.45, 2.75) is 32.4 Å². The second-order valence-electron chi connectivity index (χ2n) is 7.21. The van der Waals surface area contributed by atoms with Gasteiger partial charge in [0.1, 0.15) is 0 Å². The minimum absolute atomic E-state index is 0.00929. The lowest BCUT2D eigenvalue weighted by atomic mass is 10.1. The number of rotatable bonds is 7. The highest BCUT2D eigenvalue weighted by Crippen LogP contribution is 2.36. The van der Waals surface area contributed by atoms with Crippen molar-refractivity contribution in [2.75, 3.05) is 12.0 Å². The molecule has 4 rings (SSSR count). The largest absolute Gasteiger partial charge is 0.493 e. The van der Waals surface area contributed by atoms with Crippen LogP contribution in [0.1, 0.15) is 34.8 Å². The number of anilines is 1. The van der Waals surface area contributed by atoms with E-state index in [-0.39, 0.29) is 12.0 Å². The second kappa shape index (κ2) is 8.35. The van der Waals surface area contributed by atoms with Gasteiger partial charge in [-0.2, -0.15) is 0 Å². The van der Waals surface area contributed by atoms with Crippen molar-refractivity contribution in [3.63, 3.8) is 0 Å². The van der Waals surface area contributed by atoms with Crippen molar-refractivity contribution in [1.82, 2.24) is 4.98 Å². The first-order chi connectivity index (χ1) is 14.2. The Hall–Kier alpha value is -3.34. The number of hydrogen-bond acceptors (Lipinski definition) is 4. The lowest BCUT2D eigenvalue weighted by Gasteiger charge is -2.21. The van der Waals surface area contributed by atoms with Crippen LogP contribution in [0.2, 0.25) is 0 Å². The number of benzene rings is 2. The van der Waals surface area contributed by atoms with Gasteiger partial charge in [-0.15, -0.1) is 0 Å². The molecule has 0 saturated heterocycles. The molecular formula is C24H24N2O3. The average Bonchev–Trinajstić information content (AvgIpc) is 3.10. The fraction of sp³-hybridized carbons (Fsp3) is 0.250. The van der Waals surface area contributed by atoms with E-state index < -0.39 is 0 Å². The number of hydrogen-bond donors (Lipinski definition) is 0. The summed E-state index contributed by atoms with van der Waals surface area (Å²) >= 11 is 0. The number of pyridine rings is 1. The second-order valence-corrected chi connectivity index (χ2v) is 7.21. The van der Waals surface area contributed by atoms with Crippen molar-refractivity contribution in [2.24, 2.45) is 0 Å². The summed E-state index contributed by atoms with van der Waals surface area (Å²) in [6.07, 6.45) is 5.24. The van der Waals surface area contributed by atoms with Crippen LogP contribution in [0, 0.1) is 0 Å². The van der Waals surface area contributed by atoms with Crippen molar-refractivity contribution in [3.05, 3.63) is 83.7 Å². The van der Waals surface area contributed by atoms with Crippen LogP contribution in [-0.4, -0.2) is 24.1 Å². The van der Waals surface area contributed by atoms with E-state index in [0.29, 0.717) is 23.6 Å². The molecule has 2 heterocycles. The smallest absolute Gasteiger partial charge is 0.259 e. The van der Waals surface area contributed by atoms with Gasteiger partial charge in [-0.1, -0.05) is 30.3 Å². The molecule has 5 nitrogen and oxygen atoms in total. The first-order valence-corrected chi connectivity index (χ1v) is 9.79. The Bertz CT molecular complexity index is 1000. The van der Waals surface area contributed by atoms with Gasteiger partial charge in [0.05, 0.1) is 19.8 Å². The molecule has 1 atom stereocenters. The van der Waals surface area contributed by atoms with Gasteiger partial charge in [-0.25, -0.2) is 0 Å². The average molecular weight is 388 g/mol. The number of aromatic nitrogens is 1. The molecule has 1 aliphatic heterocycles. The molecule has 0 spiro atoms. The van der Waals surface area contributed by atoms with E-state index in [2.05, 4.69) is 24.0 Å². The summed E-state index contributed by atoms with van der Waals surface area (Å²) < 4.78 is 11.7. The molecule has 0 bridgehead atoms. The molecule has 5 heteroatoms. The Kier molecular flexibility index (Phi) is 5.47. The number of ether oxygens (including phenoxy) is 2. The van der Waals surface area contributed by atoms with Crippen molar-refractivity contribution >= 4 is 11.6 Å². The summed E-state index contributed by atoms with van der Waals surface area (Å²) in [5, 5.41) is 0. The molecule has 0 fully saturated rings. The molecule has 1 aromatic heterocycles. The molecule has 29 heavy (non-hydrogen) atoms. The molecule has 0 saturated carbocycles. The first-order valence-electron chi connectivity index (χ1n) is 9.79. The number of fused-ring (bicyclic) bond motifs is 1. The van der Waals surface area contributed by atoms with Gasteiger partial charge in [0.2, 0.25) is 0 Å². The Labute approximate surface area is 170 Å². The molecule has 1 aliphatic rings. The van der Waals surface area contributed by atoms with Crippen LogP contribution < -0.4 is 14.4 Å². The Morgan fingerprint density at radius 2 is 1.93 bits per heavy atom. The van der Waals surface area contributed by atoms with Gasteiger partial charge in [-0.05, 0) is 43.5 Å². The monoisotopic (exact) mass is 388 g/mol. The van der Waals surface area contributed by atoms with Crippen molar-refractivity contribution in [1.29, 1.82) is 0 Å². The molecule has 148 valence electrons. The maximum atomic E-state index is 12.8. The Morgan fingerprint density at radius 1 is 1.10 bits per heavy atom. The summed E-state index contributed by atoms with van der Waals surface area (Å²) in [6, 6.07) is 17.8. The lowest BCUT2D eigenvalue weighted by molar-refractivity contribution is 0.0996. The minimum atomic E-state index is -0.0179. The number of methoxy groups -OCH3 is 1. The van der Waals surface area contributed by atoms with Gasteiger partial charge < -0.3 is 14.4 Å². The highest BCUT2D eigenvalue weighted by molar-refractivity contribution is 6.10. The maximum absolute atomic E-state index is 12.8. The predicted octanol–water partition coefficient (Wildman–Crippen LogP) is 4.65. The molecule has 3 aromatic rings. The Balaban J connectivity index is 1.49. The molecule has 1 unspecified atom stereocenters. The highest BCUT2D eigenvalue weighted by Gasteiger charge is 2.29. The van der Waals surface area contributed by atoms with Crippen LogP contribution in [0.25, 0.3) is 0 Å². The number of carbonyl (C=O) groups is 1. The van der Waals surface area contributed by atoms with Crippen molar-refractivity contribution in [3.8, 4) is 11.5 Å². The van der Waals surface area contributed by atoms with E-state index >= 15 is 0 Å². The third kappa shape index (κ3) is 4.09. The van der Waals surface area contributed by atoms with Crippen LogP contribution in [-0.2, 0) is 13.0 Å². The van der Waals surface area contributed by atoms with Gasteiger partial charge in [0.25, 0.3) is 5.91 Å². The minimum Gasteiger partial charge on any atom is -0.493 e. The van der Waals surface area contributed by atoms with Crippen LogP contribution in [0.4, 0.5) is 5.69 Å². The summed E-state index contributed by atoms with van der Waals surface area (Å²) in [7, 11) is 1.62. The van der Waals surface area contributed by atoms with Crippen LogP contribution in [0.3, 0.4) is 0 Å². The molecular weight excluding hydrogens is 364 g/mol. The number of nitrogens with zero attached hydrogens (tertiary/aromatic N) is 2. The van der Waals surface area contributed by atoms with Gasteiger partial charge in [-0.3, -0.25) is 9.78 Å². The zero-order chi connectivity index (χ0) is 20.2. The molecule has 0 N–H and O–H groups in total. The molecule has 2 aromatic carbocycles. The maximum Gasteiger partial charge on any atom is 0.259 e. The topological polar surface area (TPSA) is 51.7 Å². The van der Waals surface area contributed by atoms with Gasteiger partial charge in [0.15, 0.2) is 11.5 Å². The third-order valence-electron chi connectivity index (χ3n) is 5.18. The standard InChI is InChI=1S/C24H24N2O3/c1-17(8-9-18-6-4-3-5-7-18)29-23-14-20(10-11-22(23)28-2)26-16-19-15-25-13-12-21(19)24(26)27/h3-7,10-15,17H,8-9,16H2,1-2H3. The third-order valence-corrected chi connectivity index (χ3v) is 5.18. The van der Waals surface area contributed by atoms with Crippen LogP contribution in [0.5, 0.6) is 11.5 Å². The number of carbonyl (C=O) groups excluding carboxylic acids is 1. The zero-order valence-electron chi connectivity index (χ0n) is 16.7. The first kappa shape index (κ1) is 19.0. The van der Waals surface area contributed by atoms with Crippen LogP contribution >= 0.6 is 0 Å². The summed E-state index contributed by atoms with van der Waals surface area (Å²) in [5.41, 5.74) is 3.72. The summed E-state index contributed by atoms with van der Waals surface area (Å²) in [4.78, 5) is 18.6. The van der Waals surface area contributed by atoms with Gasteiger partial charge >= 0.3 is 0 Å². The SMILES string of the molecule is COc1ccc(N2Cc3cnccc3C2=O)cc1OC(C)CCc1ccccc1. The predicted molar refractivity (Wildman–Crippen MR) is 113 cm³/mol. The van der Waals surface area contributed by atoms with Crippen LogP contribution in [0.15, 0.2) is 67.0 Å². The quantitative estimate of drug-likeness (QED) is 0.591. The van der Waals surface area contributed by atoms with E-state index in [1.54, 1.807) is 30.5 Å².